The lowest BCUT2D eigenvalue weighted by molar-refractivity contribution is -0.142. The zero-order chi connectivity index (χ0) is 19.0. The zero-order valence-corrected chi connectivity index (χ0v) is 16.4. The fourth-order valence-corrected chi connectivity index (χ4v) is 5.18. The number of hydrogen-bond donors (Lipinski definition) is 1. The molecule has 1 spiro atoms. The van der Waals surface area contributed by atoms with Gasteiger partial charge in [-0.3, -0.25) is 4.79 Å². The monoisotopic (exact) mass is 370 g/mol. The molecule has 1 N–H and O–H groups in total. The van der Waals surface area contributed by atoms with Crippen LogP contribution in [0.15, 0.2) is 24.3 Å². The number of methoxy groups -OCH3 is 1. The van der Waals surface area contributed by atoms with Crippen molar-refractivity contribution in [2.45, 2.75) is 57.4 Å². The van der Waals surface area contributed by atoms with E-state index in [-0.39, 0.29) is 17.9 Å². The third-order valence-corrected chi connectivity index (χ3v) is 7.00. The summed E-state index contributed by atoms with van der Waals surface area (Å²) in [7, 11) is 1.37. The van der Waals surface area contributed by atoms with Crippen LogP contribution in [-0.4, -0.2) is 43.1 Å². The van der Waals surface area contributed by atoms with Gasteiger partial charge in [-0.15, -0.1) is 0 Å². The summed E-state index contributed by atoms with van der Waals surface area (Å²) in [5, 5.41) is 2.78. The molecule has 1 aliphatic heterocycles. The SMILES string of the molecule is COC(=O)NC1CC(C(=O)N2CCC3(CC2)CC(c2cccc(C)c2)C3)C1. The van der Waals surface area contributed by atoms with Crippen LogP contribution in [0, 0.1) is 18.3 Å². The van der Waals surface area contributed by atoms with Gasteiger partial charge in [-0.2, -0.15) is 0 Å². The molecule has 1 heterocycles. The average Bonchev–Trinajstić information content (AvgIpc) is 2.61. The van der Waals surface area contributed by atoms with Crippen molar-refractivity contribution < 1.29 is 14.3 Å². The van der Waals surface area contributed by atoms with Gasteiger partial charge in [0, 0.05) is 25.0 Å². The van der Waals surface area contributed by atoms with Crippen LogP contribution in [0.4, 0.5) is 4.79 Å². The standard InChI is InChI=1S/C22H30N2O3/c1-15-4-3-5-16(10-15)18-13-22(14-18)6-8-24(9-7-22)20(25)17-11-19(12-17)23-21(26)27-2/h3-5,10,17-19H,6-9,11-14H2,1-2H3,(H,23,26). The number of rotatable bonds is 3. The molecule has 5 nitrogen and oxygen atoms in total. The van der Waals surface area contributed by atoms with Crippen molar-refractivity contribution in [1.82, 2.24) is 10.2 Å². The fraction of sp³-hybridized carbons (Fsp3) is 0.636. The van der Waals surface area contributed by atoms with E-state index < -0.39 is 6.09 Å². The number of aryl methyl sites for hydroxylation is 1. The van der Waals surface area contributed by atoms with Gasteiger partial charge >= 0.3 is 6.09 Å². The van der Waals surface area contributed by atoms with E-state index in [4.69, 9.17) is 0 Å². The maximum atomic E-state index is 12.7. The van der Waals surface area contributed by atoms with Crippen molar-refractivity contribution in [1.29, 1.82) is 0 Å². The van der Waals surface area contributed by atoms with Gasteiger partial charge in [-0.25, -0.2) is 4.79 Å². The van der Waals surface area contributed by atoms with Gasteiger partial charge in [0.2, 0.25) is 5.91 Å². The first kappa shape index (κ1) is 18.3. The highest BCUT2D eigenvalue weighted by molar-refractivity contribution is 5.80. The third-order valence-electron chi connectivity index (χ3n) is 7.00. The summed E-state index contributed by atoms with van der Waals surface area (Å²) >= 11 is 0. The van der Waals surface area contributed by atoms with Crippen molar-refractivity contribution in [2.24, 2.45) is 11.3 Å². The van der Waals surface area contributed by atoms with Crippen molar-refractivity contribution >= 4 is 12.0 Å². The van der Waals surface area contributed by atoms with Crippen molar-refractivity contribution in [3.8, 4) is 0 Å². The molecule has 2 saturated carbocycles. The van der Waals surface area contributed by atoms with Crippen LogP contribution in [0.25, 0.3) is 0 Å². The zero-order valence-electron chi connectivity index (χ0n) is 16.4. The molecule has 1 aromatic carbocycles. The molecule has 0 atom stereocenters. The van der Waals surface area contributed by atoms with Crippen LogP contribution in [0.2, 0.25) is 0 Å². The Balaban J connectivity index is 1.22. The van der Waals surface area contributed by atoms with Crippen LogP contribution < -0.4 is 5.32 Å². The molecule has 0 radical (unpaired) electrons. The number of nitrogens with zero attached hydrogens (tertiary/aromatic N) is 1. The number of alkyl carbamates (subject to hydrolysis) is 1. The summed E-state index contributed by atoms with van der Waals surface area (Å²) in [6.07, 6.45) is 5.89. The Morgan fingerprint density at radius 2 is 1.89 bits per heavy atom. The second-order valence-electron chi connectivity index (χ2n) is 8.85. The van der Waals surface area contributed by atoms with Crippen molar-refractivity contribution in [2.75, 3.05) is 20.2 Å². The molecule has 5 heteroatoms. The van der Waals surface area contributed by atoms with Crippen molar-refractivity contribution in [3.05, 3.63) is 35.4 Å². The van der Waals surface area contributed by atoms with Crippen LogP contribution in [0.3, 0.4) is 0 Å². The molecule has 4 rings (SSSR count). The van der Waals surface area contributed by atoms with Gasteiger partial charge < -0.3 is 15.0 Å². The van der Waals surface area contributed by atoms with Crippen molar-refractivity contribution in [3.63, 3.8) is 0 Å². The lowest BCUT2D eigenvalue weighted by atomic mass is 9.56. The number of carbonyl (C=O) groups excluding carboxylic acids is 2. The van der Waals surface area contributed by atoms with E-state index in [1.54, 1.807) is 0 Å². The van der Waals surface area contributed by atoms with Gasteiger partial charge in [0.05, 0.1) is 7.11 Å². The maximum absolute atomic E-state index is 12.7. The Hall–Kier alpha value is -2.04. The average molecular weight is 370 g/mol. The lowest BCUT2D eigenvalue weighted by Gasteiger charge is -2.53. The van der Waals surface area contributed by atoms with E-state index in [0.29, 0.717) is 11.3 Å². The van der Waals surface area contributed by atoms with E-state index in [1.807, 2.05) is 0 Å². The predicted octanol–water partition coefficient (Wildman–Crippen LogP) is 3.62. The van der Waals surface area contributed by atoms with Gasteiger partial charge in [0.1, 0.15) is 0 Å². The summed E-state index contributed by atoms with van der Waals surface area (Å²) < 4.78 is 4.61. The quantitative estimate of drug-likeness (QED) is 0.884. The van der Waals surface area contributed by atoms with Crippen LogP contribution in [-0.2, 0) is 9.53 Å². The van der Waals surface area contributed by atoms with Gasteiger partial charge in [-0.05, 0) is 62.3 Å². The minimum atomic E-state index is -0.404. The number of amides is 2. The second kappa shape index (κ2) is 7.17. The molecule has 1 saturated heterocycles. The highest BCUT2D eigenvalue weighted by Gasteiger charge is 2.47. The van der Waals surface area contributed by atoms with Gasteiger partial charge in [-0.1, -0.05) is 29.8 Å². The summed E-state index contributed by atoms with van der Waals surface area (Å²) in [6, 6.07) is 9.00. The molecule has 0 unspecified atom stereocenters. The molecule has 146 valence electrons. The molecule has 3 aliphatic rings. The Labute approximate surface area is 161 Å². The number of piperidine rings is 1. The van der Waals surface area contributed by atoms with Crippen LogP contribution >= 0.6 is 0 Å². The molecule has 27 heavy (non-hydrogen) atoms. The first-order chi connectivity index (χ1) is 13.0. The topological polar surface area (TPSA) is 58.6 Å². The number of likely N-dealkylation sites (tertiary alicyclic amines) is 1. The van der Waals surface area contributed by atoms with E-state index in [9.17, 15) is 9.59 Å². The smallest absolute Gasteiger partial charge is 0.407 e. The Kier molecular flexibility index (Phi) is 4.87. The molecule has 1 aromatic rings. The molecule has 0 bridgehead atoms. The van der Waals surface area contributed by atoms with E-state index in [0.717, 1.165) is 38.8 Å². The summed E-state index contributed by atoms with van der Waals surface area (Å²) in [5.74, 6) is 1.05. The molecule has 2 aliphatic carbocycles. The highest BCUT2D eigenvalue weighted by atomic mass is 16.5. The summed E-state index contributed by atoms with van der Waals surface area (Å²) in [6.45, 7) is 3.95. The number of benzene rings is 1. The van der Waals surface area contributed by atoms with E-state index in [2.05, 4.69) is 46.1 Å². The Morgan fingerprint density at radius 1 is 1.19 bits per heavy atom. The first-order valence-electron chi connectivity index (χ1n) is 10.2. The normalized spacial score (nSPS) is 26.8. The number of carbonyl (C=O) groups is 2. The minimum Gasteiger partial charge on any atom is -0.453 e. The highest BCUT2D eigenvalue weighted by Crippen LogP contribution is 2.56. The number of ether oxygens (including phenoxy) is 1. The summed E-state index contributed by atoms with van der Waals surface area (Å²) in [5.41, 5.74) is 3.28. The molecule has 0 aromatic heterocycles. The van der Waals surface area contributed by atoms with Crippen LogP contribution in [0.5, 0.6) is 0 Å². The Bertz CT molecular complexity index is 710. The minimum absolute atomic E-state index is 0.0719. The van der Waals surface area contributed by atoms with E-state index >= 15 is 0 Å². The number of nitrogens with one attached hydrogen (secondary N) is 1. The summed E-state index contributed by atoms with van der Waals surface area (Å²) in [4.78, 5) is 26.0. The van der Waals surface area contributed by atoms with Crippen LogP contribution in [0.1, 0.15) is 55.6 Å². The fourth-order valence-electron chi connectivity index (χ4n) is 5.18. The first-order valence-corrected chi connectivity index (χ1v) is 10.2. The Morgan fingerprint density at radius 3 is 2.52 bits per heavy atom. The third kappa shape index (κ3) is 3.69. The van der Waals surface area contributed by atoms with Gasteiger partial charge in [0.25, 0.3) is 0 Å². The maximum Gasteiger partial charge on any atom is 0.407 e. The van der Waals surface area contributed by atoms with Gasteiger partial charge in [0.15, 0.2) is 0 Å². The molecule has 2 amide bonds. The lowest BCUT2D eigenvalue weighted by Crippen LogP contribution is -2.53. The number of hydrogen-bond acceptors (Lipinski definition) is 3. The second-order valence-corrected chi connectivity index (χ2v) is 8.85. The molecular formula is C22H30N2O3. The largest absolute Gasteiger partial charge is 0.453 e. The molecular weight excluding hydrogens is 340 g/mol. The van der Waals surface area contributed by atoms with E-state index in [1.165, 1.54) is 31.1 Å². The predicted molar refractivity (Wildman–Crippen MR) is 103 cm³/mol. The molecule has 3 fully saturated rings.